The van der Waals surface area contributed by atoms with Crippen molar-refractivity contribution in [3.05, 3.63) is 50.9 Å². The van der Waals surface area contributed by atoms with Crippen LogP contribution in [0.5, 0.6) is 0 Å². The largest absolute Gasteiger partial charge is 0.378 e. The molecule has 2 rings (SSSR count). The Hall–Kier alpha value is -1.06. The van der Waals surface area contributed by atoms with E-state index in [0.717, 1.165) is 0 Å². The van der Waals surface area contributed by atoms with Crippen molar-refractivity contribution < 1.29 is 4.39 Å². The highest BCUT2D eigenvalue weighted by Gasteiger charge is 2.16. The summed E-state index contributed by atoms with van der Waals surface area (Å²) in [5, 5.41) is 3.23. The van der Waals surface area contributed by atoms with Gasteiger partial charge < -0.3 is 5.32 Å². The van der Waals surface area contributed by atoms with Crippen LogP contribution in [0.25, 0.3) is 0 Å². The van der Waals surface area contributed by atoms with Gasteiger partial charge in [-0.2, -0.15) is 0 Å². The molecule has 0 amide bonds. The molecule has 1 nitrogen and oxygen atoms in total. The molecule has 0 aliphatic rings. The van der Waals surface area contributed by atoms with Gasteiger partial charge in [-0.3, -0.25) is 0 Å². The van der Waals surface area contributed by atoms with Gasteiger partial charge in [-0.05, 0) is 29.7 Å². The van der Waals surface area contributed by atoms with Gasteiger partial charge in [0, 0.05) is 16.3 Å². The van der Waals surface area contributed by atoms with Gasteiger partial charge in [0.1, 0.15) is 0 Å². The van der Waals surface area contributed by atoms with Gasteiger partial charge in [0.2, 0.25) is 0 Å². The molecule has 1 N–H and O–H groups in total. The van der Waals surface area contributed by atoms with Gasteiger partial charge in [-0.15, -0.1) is 11.3 Å². The van der Waals surface area contributed by atoms with Crippen LogP contribution in [0.1, 0.15) is 30.5 Å². The lowest BCUT2D eigenvalue weighted by Gasteiger charge is -2.15. The van der Waals surface area contributed by atoms with Crippen molar-refractivity contribution in [1.82, 2.24) is 0 Å². The van der Waals surface area contributed by atoms with Crippen molar-refractivity contribution in [2.24, 2.45) is 0 Å². The second kappa shape index (κ2) is 5.51. The summed E-state index contributed by atoms with van der Waals surface area (Å²) < 4.78 is 13.7. The van der Waals surface area contributed by atoms with E-state index in [9.17, 15) is 4.39 Å². The lowest BCUT2D eigenvalue weighted by Crippen LogP contribution is -2.07. The molecule has 0 bridgehead atoms. The third kappa shape index (κ3) is 3.48. The van der Waals surface area contributed by atoms with Gasteiger partial charge in [-0.1, -0.05) is 38.4 Å². The van der Waals surface area contributed by atoms with E-state index in [2.05, 4.69) is 38.2 Å². The van der Waals surface area contributed by atoms with Crippen LogP contribution in [-0.4, -0.2) is 0 Å². The Kier molecular flexibility index (Phi) is 4.16. The fraction of sp³-hybridized carbons (Fsp3) is 0.333. The molecule has 2 aromatic rings. The van der Waals surface area contributed by atoms with E-state index in [-0.39, 0.29) is 10.4 Å². The SMILES string of the molecule is CC(C)(C)c1ccc(CNc2cccc(Cl)c2F)s1. The molecule has 0 radical (unpaired) electrons. The summed E-state index contributed by atoms with van der Waals surface area (Å²) in [7, 11) is 0. The second-order valence-corrected chi connectivity index (χ2v) is 7.05. The maximum atomic E-state index is 13.7. The Labute approximate surface area is 122 Å². The van der Waals surface area contributed by atoms with Crippen molar-refractivity contribution in [3.8, 4) is 0 Å². The van der Waals surface area contributed by atoms with Crippen molar-refractivity contribution >= 4 is 28.6 Å². The Morgan fingerprint density at radius 3 is 2.58 bits per heavy atom. The number of thiophene rings is 1. The first-order chi connectivity index (χ1) is 8.88. The number of nitrogens with one attached hydrogen (secondary N) is 1. The Morgan fingerprint density at radius 1 is 1.21 bits per heavy atom. The molecule has 1 aromatic carbocycles. The molecule has 102 valence electrons. The van der Waals surface area contributed by atoms with Crippen LogP contribution >= 0.6 is 22.9 Å². The fourth-order valence-electron chi connectivity index (χ4n) is 1.70. The third-order valence-electron chi connectivity index (χ3n) is 2.81. The first kappa shape index (κ1) is 14.4. The molecule has 0 saturated heterocycles. The fourth-order valence-corrected chi connectivity index (χ4v) is 2.88. The lowest BCUT2D eigenvalue weighted by molar-refractivity contribution is 0.604. The summed E-state index contributed by atoms with van der Waals surface area (Å²) in [5.41, 5.74) is 0.600. The molecule has 1 aromatic heterocycles. The molecule has 0 fully saturated rings. The molecule has 1 heterocycles. The zero-order valence-corrected chi connectivity index (χ0v) is 12.8. The molecular formula is C15H17ClFNS. The summed E-state index contributed by atoms with van der Waals surface area (Å²) in [5.74, 6) is -0.392. The van der Waals surface area contributed by atoms with Crippen LogP contribution in [0, 0.1) is 5.82 Å². The topological polar surface area (TPSA) is 12.0 Å². The Balaban J connectivity index is 2.07. The Bertz CT molecular complexity index is 572. The van der Waals surface area contributed by atoms with E-state index in [1.54, 1.807) is 29.5 Å². The molecule has 0 unspecified atom stereocenters. The molecule has 0 atom stereocenters. The van der Waals surface area contributed by atoms with Gasteiger partial charge in [0.25, 0.3) is 0 Å². The third-order valence-corrected chi connectivity index (χ3v) is 4.61. The lowest BCUT2D eigenvalue weighted by atomic mass is 9.95. The number of anilines is 1. The highest BCUT2D eigenvalue weighted by atomic mass is 35.5. The molecule has 0 spiro atoms. The monoisotopic (exact) mass is 297 g/mol. The summed E-state index contributed by atoms with van der Waals surface area (Å²) in [6.45, 7) is 7.17. The average Bonchev–Trinajstić information content (AvgIpc) is 2.79. The normalized spacial score (nSPS) is 11.6. The smallest absolute Gasteiger partial charge is 0.164 e. The van der Waals surface area contributed by atoms with Crippen molar-refractivity contribution in [2.75, 3.05) is 5.32 Å². The molecule has 0 aliphatic heterocycles. The zero-order valence-electron chi connectivity index (χ0n) is 11.3. The van der Waals surface area contributed by atoms with Gasteiger partial charge in [-0.25, -0.2) is 4.39 Å². The summed E-state index contributed by atoms with van der Waals surface area (Å²) >= 11 is 7.50. The van der Waals surface area contributed by atoms with Crippen LogP contribution in [0.3, 0.4) is 0 Å². The number of hydrogen-bond acceptors (Lipinski definition) is 2. The van der Waals surface area contributed by atoms with Crippen molar-refractivity contribution in [1.29, 1.82) is 0 Å². The number of hydrogen-bond donors (Lipinski definition) is 1. The van der Waals surface area contributed by atoms with E-state index in [0.29, 0.717) is 12.2 Å². The van der Waals surface area contributed by atoms with E-state index in [1.807, 2.05) is 0 Å². The zero-order chi connectivity index (χ0) is 14.0. The van der Waals surface area contributed by atoms with E-state index in [1.165, 1.54) is 9.75 Å². The maximum absolute atomic E-state index is 13.7. The standard InChI is InChI=1S/C15H17ClFNS/c1-15(2,3)13-8-7-10(19-13)9-18-12-6-4-5-11(16)14(12)17/h4-8,18H,9H2,1-3H3. The maximum Gasteiger partial charge on any atom is 0.164 e. The van der Waals surface area contributed by atoms with Crippen molar-refractivity contribution in [2.45, 2.75) is 32.7 Å². The first-order valence-electron chi connectivity index (χ1n) is 6.15. The van der Waals surface area contributed by atoms with Crippen LogP contribution in [0.15, 0.2) is 30.3 Å². The van der Waals surface area contributed by atoms with Crippen LogP contribution in [0.4, 0.5) is 10.1 Å². The molecule has 4 heteroatoms. The average molecular weight is 298 g/mol. The summed E-state index contributed by atoms with van der Waals surface area (Å²) in [6.07, 6.45) is 0. The predicted molar refractivity (Wildman–Crippen MR) is 81.8 cm³/mol. The molecule has 19 heavy (non-hydrogen) atoms. The van der Waals surface area contributed by atoms with Crippen LogP contribution in [0.2, 0.25) is 5.02 Å². The van der Waals surface area contributed by atoms with Crippen molar-refractivity contribution in [3.63, 3.8) is 0 Å². The number of halogens is 2. The minimum Gasteiger partial charge on any atom is -0.378 e. The van der Waals surface area contributed by atoms with E-state index < -0.39 is 5.82 Å². The molecule has 0 saturated carbocycles. The number of rotatable bonds is 3. The summed E-state index contributed by atoms with van der Waals surface area (Å²) in [6, 6.07) is 9.20. The summed E-state index contributed by atoms with van der Waals surface area (Å²) in [4.78, 5) is 2.51. The number of benzene rings is 1. The first-order valence-corrected chi connectivity index (χ1v) is 7.34. The van der Waals surface area contributed by atoms with Crippen LogP contribution < -0.4 is 5.32 Å². The highest BCUT2D eigenvalue weighted by molar-refractivity contribution is 7.12. The Morgan fingerprint density at radius 2 is 1.95 bits per heavy atom. The van der Waals surface area contributed by atoms with Gasteiger partial charge in [0.15, 0.2) is 5.82 Å². The molecular weight excluding hydrogens is 281 g/mol. The predicted octanol–water partition coefficient (Wildman–Crippen LogP) is 5.45. The highest BCUT2D eigenvalue weighted by Crippen LogP contribution is 2.30. The minimum absolute atomic E-state index is 0.145. The molecule has 0 aliphatic carbocycles. The van der Waals surface area contributed by atoms with E-state index >= 15 is 0 Å². The van der Waals surface area contributed by atoms with Gasteiger partial charge >= 0.3 is 0 Å². The second-order valence-electron chi connectivity index (χ2n) is 5.47. The van der Waals surface area contributed by atoms with Crippen LogP contribution in [-0.2, 0) is 12.0 Å². The minimum atomic E-state index is -0.392. The quantitative estimate of drug-likeness (QED) is 0.794. The van der Waals surface area contributed by atoms with Gasteiger partial charge in [0.05, 0.1) is 10.7 Å². The van der Waals surface area contributed by atoms with E-state index in [4.69, 9.17) is 11.6 Å².